The van der Waals surface area contributed by atoms with Crippen LogP contribution in [0.1, 0.15) is 38.2 Å². The Balaban J connectivity index is 2.42. The van der Waals surface area contributed by atoms with Crippen LogP contribution in [0.15, 0.2) is 39.3 Å². The van der Waals surface area contributed by atoms with Crippen LogP contribution >= 0.6 is 11.8 Å². The van der Waals surface area contributed by atoms with E-state index in [0.29, 0.717) is 13.0 Å². The van der Waals surface area contributed by atoms with Crippen LogP contribution in [0.25, 0.3) is 10.4 Å². The maximum absolute atomic E-state index is 11.0. The minimum Gasteiger partial charge on any atom is -0.323 e. The van der Waals surface area contributed by atoms with Crippen molar-refractivity contribution in [3.8, 4) is 0 Å². The molecule has 0 aliphatic carbocycles. The molecule has 2 aromatic rings. The van der Waals surface area contributed by atoms with Gasteiger partial charge in [0.05, 0.1) is 10.6 Å². The third-order valence-corrected chi connectivity index (χ3v) is 4.74. The number of aromatic nitrogens is 2. The molecular weight excluding hydrogens is 340 g/mol. The lowest BCUT2D eigenvalue weighted by atomic mass is 10.1. The number of benzene rings is 1. The lowest BCUT2D eigenvalue weighted by Gasteiger charge is -2.11. The first-order valence-corrected chi connectivity index (χ1v) is 8.82. The summed E-state index contributed by atoms with van der Waals surface area (Å²) in [5.41, 5.74) is 9.48. The Hall–Kier alpha value is -2.51. The Labute approximate surface area is 150 Å². The highest BCUT2D eigenvalue weighted by Crippen LogP contribution is 2.36. The van der Waals surface area contributed by atoms with E-state index in [9.17, 15) is 10.1 Å². The van der Waals surface area contributed by atoms with E-state index < -0.39 is 4.92 Å². The predicted molar refractivity (Wildman–Crippen MR) is 96.9 cm³/mol. The zero-order valence-corrected chi connectivity index (χ0v) is 15.2. The summed E-state index contributed by atoms with van der Waals surface area (Å²) in [6.45, 7) is 7.24. The maximum Gasteiger partial charge on any atom is 0.270 e. The largest absolute Gasteiger partial charge is 0.323 e. The third kappa shape index (κ3) is 4.52. The van der Waals surface area contributed by atoms with E-state index in [0.717, 1.165) is 28.0 Å². The Kier molecular flexibility index (Phi) is 6.44. The van der Waals surface area contributed by atoms with Gasteiger partial charge in [0, 0.05) is 41.5 Å². The summed E-state index contributed by atoms with van der Waals surface area (Å²) in [4.78, 5) is 18.9. The van der Waals surface area contributed by atoms with Gasteiger partial charge in [-0.25, -0.2) is 4.98 Å². The highest BCUT2D eigenvalue weighted by atomic mass is 32.2. The van der Waals surface area contributed by atoms with E-state index in [4.69, 9.17) is 10.5 Å². The van der Waals surface area contributed by atoms with Gasteiger partial charge in [-0.1, -0.05) is 36.8 Å². The fourth-order valence-electron chi connectivity index (χ4n) is 2.47. The van der Waals surface area contributed by atoms with Crippen LogP contribution in [0, 0.1) is 10.1 Å². The predicted octanol–water partition coefficient (Wildman–Crippen LogP) is 4.94. The van der Waals surface area contributed by atoms with Crippen molar-refractivity contribution < 1.29 is 4.92 Å². The fraction of sp³-hybridized carbons (Fsp3) is 0.438. The summed E-state index contributed by atoms with van der Waals surface area (Å²) in [5, 5.41) is 15.6. The second kappa shape index (κ2) is 8.55. The molecule has 0 radical (unpaired) electrons. The molecule has 25 heavy (non-hydrogen) atoms. The topological polar surface area (TPSA) is 110 Å². The molecule has 0 aliphatic rings. The van der Waals surface area contributed by atoms with Gasteiger partial charge in [0.2, 0.25) is 0 Å². The summed E-state index contributed by atoms with van der Waals surface area (Å²) in [7, 11) is 0. The number of nitro groups is 1. The lowest BCUT2D eigenvalue weighted by molar-refractivity contribution is -0.385. The van der Waals surface area contributed by atoms with Crippen molar-refractivity contribution in [1.29, 1.82) is 0 Å². The average Bonchev–Trinajstić information content (AvgIpc) is 2.93. The molecule has 0 spiro atoms. The monoisotopic (exact) mass is 360 g/mol. The number of nitrogens with zero attached hydrogens (tertiary/aromatic N) is 6. The van der Waals surface area contributed by atoms with Crippen molar-refractivity contribution in [3.05, 3.63) is 56.3 Å². The van der Waals surface area contributed by atoms with Crippen molar-refractivity contribution in [2.24, 2.45) is 5.11 Å². The molecule has 2 rings (SSSR count). The molecule has 0 fully saturated rings. The number of non-ortho nitro benzene ring substituents is 1. The zero-order chi connectivity index (χ0) is 18.4. The van der Waals surface area contributed by atoms with E-state index in [2.05, 4.69) is 28.4 Å². The molecule has 9 heteroatoms. The summed E-state index contributed by atoms with van der Waals surface area (Å²) < 4.78 is 2.09. The summed E-state index contributed by atoms with van der Waals surface area (Å²) in [6, 6.07) is 6.59. The molecule has 0 bridgehead atoms. The minimum atomic E-state index is -0.393. The fourth-order valence-corrected chi connectivity index (χ4v) is 3.75. The van der Waals surface area contributed by atoms with Crippen LogP contribution in [0.2, 0.25) is 0 Å². The number of rotatable bonds is 8. The summed E-state index contributed by atoms with van der Waals surface area (Å²) in [5.74, 6) is 1.08. The summed E-state index contributed by atoms with van der Waals surface area (Å²) in [6.07, 6.45) is 0.563. The first-order chi connectivity index (χ1) is 12.0. The van der Waals surface area contributed by atoms with E-state index >= 15 is 0 Å². The summed E-state index contributed by atoms with van der Waals surface area (Å²) >= 11 is 1.48. The van der Waals surface area contributed by atoms with Gasteiger partial charge < -0.3 is 4.57 Å². The van der Waals surface area contributed by atoms with Gasteiger partial charge in [0.15, 0.2) is 0 Å². The Morgan fingerprint density at radius 2 is 2.24 bits per heavy atom. The molecule has 0 amide bonds. The normalized spacial score (nSPS) is 10.7. The highest BCUT2D eigenvalue weighted by molar-refractivity contribution is 7.99. The second-order valence-electron chi connectivity index (χ2n) is 5.68. The van der Waals surface area contributed by atoms with E-state index in [1.807, 2.05) is 13.0 Å². The second-order valence-corrected chi connectivity index (χ2v) is 6.74. The number of hydrogen-bond acceptors (Lipinski definition) is 5. The average molecular weight is 360 g/mol. The SMILES string of the molecule is CCn1c(CCN=[N+]=[N-])nc(C(C)C)c1Sc1cccc([N+](=O)[O-])c1. The molecule has 1 heterocycles. The molecule has 0 saturated carbocycles. The minimum absolute atomic E-state index is 0.0715. The third-order valence-electron chi connectivity index (χ3n) is 3.63. The Bertz CT molecular complexity index is 811. The van der Waals surface area contributed by atoms with Crippen LogP contribution in [0.5, 0.6) is 0 Å². The lowest BCUT2D eigenvalue weighted by Crippen LogP contribution is -2.04. The Morgan fingerprint density at radius 1 is 1.48 bits per heavy atom. The molecule has 1 aromatic carbocycles. The zero-order valence-electron chi connectivity index (χ0n) is 14.4. The number of nitro benzene ring substituents is 1. The first kappa shape index (κ1) is 18.8. The molecule has 0 atom stereocenters. The van der Waals surface area contributed by atoms with Crippen LogP contribution in [-0.2, 0) is 13.0 Å². The van der Waals surface area contributed by atoms with Gasteiger partial charge in [-0.2, -0.15) is 0 Å². The molecule has 0 unspecified atom stereocenters. The van der Waals surface area contributed by atoms with E-state index in [1.54, 1.807) is 12.1 Å². The number of hydrogen-bond donors (Lipinski definition) is 0. The standard InChI is InChI=1S/C16H20N6O2S/c1-4-21-14(8-9-18-20-17)19-15(11(2)3)16(21)25-13-7-5-6-12(10-13)22(23)24/h5-7,10-11H,4,8-9H2,1-3H3. The van der Waals surface area contributed by atoms with Crippen LogP contribution in [0.4, 0.5) is 5.69 Å². The molecular formula is C16H20N6O2S. The Morgan fingerprint density at radius 3 is 2.84 bits per heavy atom. The van der Waals surface area contributed by atoms with Crippen molar-refractivity contribution >= 4 is 17.4 Å². The van der Waals surface area contributed by atoms with Crippen LogP contribution in [0.3, 0.4) is 0 Å². The van der Waals surface area contributed by atoms with Gasteiger partial charge >= 0.3 is 0 Å². The van der Waals surface area contributed by atoms with Gasteiger partial charge in [0.25, 0.3) is 5.69 Å². The van der Waals surface area contributed by atoms with Crippen molar-refractivity contribution in [3.63, 3.8) is 0 Å². The first-order valence-electron chi connectivity index (χ1n) is 8.00. The van der Waals surface area contributed by atoms with Gasteiger partial charge in [0.1, 0.15) is 10.9 Å². The van der Waals surface area contributed by atoms with E-state index in [1.165, 1.54) is 17.8 Å². The van der Waals surface area contributed by atoms with Gasteiger partial charge in [-0.15, -0.1) is 0 Å². The van der Waals surface area contributed by atoms with Gasteiger partial charge in [-0.3, -0.25) is 10.1 Å². The van der Waals surface area contributed by atoms with Crippen LogP contribution in [-0.4, -0.2) is 21.0 Å². The molecule has 0 N–H and O–H groups in total. The van der Waals surface area contributed by atoms with E-state index in [-0.39, 0.29) is 11.6 Å². The quantitative estimate of drug-likeness (QED) is 0.218. The van der Waals surface area contributed by atoms with Crippen molar-refractivity contribution in [1.82, 2.24) is 9.55 Å². The molecule has 0 aliphatic heterocycles. The van der Waals surface area contributed by atoms with Crippen molar-refractivity contribution in [2.45, 2.75) is 49.6 Å². The molecule has 1 aromatic heterocycles. The van der Waals surface area contributed by atoms with Gasteiger partial charge in [-0.05, 0) is 24.4 Å². The van der Waals surface area contributed by atoms with Crippen molar-refractivity contribution in [2.75, 3.05) is 6.54 Å². The smallest absolute Gasteiger partial charge is 0.270 e. The maximum atomic E-state index is 11.0. The number of azide groups is 1. The molecule has 0 saturated heterocycles. The number of imidazole rings is 1. The van der Waals surface area contributed by atoms with Crippen LogP contribution < -0.4 is 0 Å². The molecule has 8 nitrogen and oxygen atoms in total. The highest BCUT2D eigenvalue weighted by Gasteiger charge is 2.20. The molecule has 132 valence electrons.